The van der Waals surface area contributed by atoms with Crippen LogP contribution in [-0.2, 0) is 6.42 Å². The van der Waals surface area contributed by atoms with Gasteiger partial charge in [0.05, 0.1) is 5.56 Å². The average Bonchev–Trinajstić information content (AvgIpc) is 2.83. The van der Waals surface area contributed by atoms with Crippen LogP contribution in [0.4, 0.5) is 22.0 Å². The molecule has 0 N–H and O–H groups in total. The van der Waals surface area contributed by atoms with Crippen molar-refractivity contribution in [2.75, 3.05) is 0 Å². The van der Waals surface area contributed by atoms with E-state index in [1.165, 1.54) is 56.9 Å². The van der Waals surface area contributed by atoms with Crippen LogP contribution in [0.3, 0.4) is 0 Å². The van der Waals surface area contributed by atoms with Crippen molar-refractivity contribution >= 4 is 0 Å². The largest absolute Gasteiger partial charge is 0.458 e. The number of hydrogen-bond donors (Lipinski definition) is 0. The van der Waals surface area contributed by atoms with Crippen LogP contribution in [0.2, 0.25) is 0 Å². The highest BCUT2D eigenvalue weighted by Gasteiger charge is 2.29. The summed E-state index contributed by atoms with van der Waals surface area (Å²) < 4.78 is 65.2. The van der Waals surface area contributed by atoms with E-state index in [9.17, 15) is 22.0 Å². The van der Waals surface area contributed by atoms with Crippen molar-refractivity contribution in [2.45, 2.75) is 77.3 Å². The summed E-state index contributed by atoms with van der Waals surface area (Å²) in [6.07, 6.45) is 8.32. The summed E-state index contributed by atoms with van der Waals surface area (Å²) in [5.41, 5.74) is 1.21. The standard InChI is InChI=1S/C30H33F5/c1-20-2-10-23(11-3-20)24-12-6-21(7-13-24)4-5-22-8-14-25(15-9-22)26-18-28(31)27(29(32)19-26)16-17-30(33,34)35/h8-9,14-15,18-21,23-24H,2-7,10-13H2,1H3. The number of halogens is 5. The lowest BCUT2D eigenvalue weighted by molar-refractivity contribution is -0.0696. The first-order valence-corrected chi connectivity index (χ1v) is 12.9. The smallest absolute Gasteiger partial charge is 0.205 e. The van der Waals surface area contributed by atoms with Crippen molar-refractivity contribution in [3.8, 4) is 23.0 Å². The summed E-state index contributed by atoms with van der Waals surface area (Å²) in [6.45, 7) is 2.38. The first kappa shape index (κ1) is 25.7. The number of hydrogen-bond acceptors (Lipinski definition) is 0. The van der Waals surface area contributed by atoms with Crippen LogP contribution in [0.15, 0.2) is 36.4 Å². The lowest BCUT2D eigenvalue weighted by Gasteiger charge is -2.37. The van der Waals surface area contributed by atoms with E-state index >= 15 is 0 Å². The predicted octanol–water partition coefficient (Wildman–Crippen LogP) is 9.11. The van der Waals surface area contributed by atoms with Crippen molar-refractivity contribution in [1.82, 2.24) is 0 Å². The molecule has 4 rings (SSSR count). The molecule has 2 aliphatic carbocycles. The van der Waals surface area contributed by atoms with Crippen LogP contribution in [-0.4, -0.2) is 6.18 Å². The Kier molecular flexibility index (Phi) is 8.19. The Morgan fingerprint density at radius 1 is 0.771 bits per heavy atom. The topological polar surface area (TPSA) is 0 Å². The van der Waals surface area contributed by atoms with Crippen molar-refractivity contribution in [2.24, 2.45) is 23.7 Å². The Morgan fingerprint density at radius 3 is 1.86 bits per heavy atom. The summed E-state index contributed by atoms with van der Waals surface area (Å²) in [4.78, 5) is 0. The molecule has 0 atom stereocenters. The highest BCUT2D eigenvalue weighted by molar-refractivity contribution is 5.65. The highest BCUT2D eigenvalue weighted by Crippen LogP contribution is 2.42. The van der Waals surface area contributed by atoms with Gasteiger partial charge < -0.3 is 0 Å². The minimum Gasteiger partial charge on any atom is -0.205 e. The zero-order valence-electron chi connectivity index (χ0n) is 20.2. The van der Waals surface area contributed by atoms with Gasteiger partial charge in [-0.2, -0.15) is 13.2 Å². The van der Waals surface area contributed by atoms with Crippen LogP contribution in [0, 0.1) is 47.1 Å². The van der Waals surface area contributed by atoms with E-state index in [1.807, 2.05) is 24.3 Å². The maximum Gasteiger partial charge on any atom is 0.458 e. The minimum atomic E-state index is -4.80. The fourth-order valence-corrected chi connectivity index (χ4v) is 5.93. The number of benzene rings is 2. The van der Waals surface area contributed by atoms with E-state index in [1.54, 1.807) is 5.92 Å². The molecule has 2 aromatic rings. The molecule has 0 unspecified atom stereocenters. The van der Waals surface area contributed by atoms with Crippen molar-refractivity contribution in [3.63, 3.8) is 0 Å². The van der Waals surface area contributed by atoms with E-state index in [-0.39, 0.29) is 5.56 Å². The molecule has 5 heteroatoms. The van der Waals surface area contributed by atoms with E-state index in [0.29, 0.717) is 5.56 Å². The van der Waals surface area contributed by atoms with Crippen molar-refractivity contribution in [1.29, 1.82) is 0 Å². The van der Waals surface area contributed by atoms with E-state index in [4.69, 9.17) is 0 Å². The van der Waals surface area contributed by atoms with E-state index < -0.39 is 23.4 Å². The summed E-state index contributed by atoms with van der Waals surface area (Å²) in [7, 11) is 0. The first-order valence-electron chi connectivity index (χ1n) is 12.9. The molecular weight excluding hydrogens is 455 g/mol. The molecular formula is C30H33F5. The van der Waals surface area contributed by atoms with Crippen molar-refractivity contribution in [3.05, 3.63) is 59.2 Å². The second kappa shape index (κ2) is 11.1. The predicted molar refractivity (Wildman–Crippen MR) is 130 cm³/mol. The summed E-state index contributed by atoms with van der Waals surface area (Å²) >= 11 is 0. The first-order chi connectivity index (χ1) is 16.7. The van der Waals surface area contributed by atoms with Crippen LogP contribution >= 0.6 is 0 Å². The molecule has 2 aromatic carbocycles. The zero-order chi connectivity index (χ0) is 25.0. The SMILES string of the molecule is CC1CCC(C2CCC(CCc3ccc(-c4cc(F)c(C#CC(F)(F)F)c(F)c4)cc3)CC2)CC1. The molecule has 0 saturated heterocycles. The minimum absolute atomic E-state index is 0.277. The van der Waals surface area contributed by atoms with Gasteiger partial charge in [-0.25, -0.2) is 8.78 Å². The lowest BCUT2D eigenvalue weighted by atomic mass is 9.69. The van der Waals surface area contributed by atoms with Gasteiger partial charge in [-0.05, 0) is 91.0 Å². The Bertz CT molecular complexity index is 1020. The quantitative estimate of drug-likeness (QED) is 0.291. The molecule has 0 bridgehead atoms. The third-order valence-electron chi connectivity index (χ3n) is 8.12. The fraction of sp³-hybridized carbons (Fsp3) is 0.533. The molecule has 2 saturated carbocycles. The molecule has 188 valence electrons. The number of alkyl halides is 3. The Hall–Kier alpha value is -2.35. The second-order valence-electron chi connectivity index (χ2n) is 10.6. The second-order valence-corrected chi connectivity index (χ2v) is 10.6. The summed E-state index contributed by atoms with van der Waals surface area (Å²) in [6, 6.07) is 9.62. The highest BCUT2D eigenvalue weighted by atomic mass is 19.4. The van der Waals surface area contributed by atoms with Gasteiger partial charge >= 0.3 is 6.18 Å². The normalized spacial score (nSPS) is 25.1. The molecule has 0 heterocycles. The van der Waals surface area contributed by atoms with Gasteiger partial charge in [0, 0.05) is 5.92 Å². The fourth-order valence-electron chi connectivity index (χ4n) is 5.93. The number of rotatable bonds is 5. The van der Waals surface area contributed by atoms with Gasteiger partial charge in [0.2, 0.25) is 0 Å². The van der Waals surface area contributed by atoms with E-state index in [2.05, 4.69) is 6.92 Å². The Labute approximate surface area is 205 Å². The summed E-state index contributed by atoms with van der Waals surface area (Å²) in [5, 5.41) is 0. The molecule has 0 aromatic heterocycles. The maximum atomic E-state index is 14.2. The molecule has 0 nitrogen and oxygen atoms in total. The Morgan fingerprint density at radius 2 is 1.31 bits per heavy atom. The van der Waals surface area contributed by atoms with E-state index in [0.717, 1.165) is 54.6 Å². The Balaban J connectivity index is 1.30. The maximum absolute atomic E-state index is 14.2. The van der Waals surface area contributed by atoms with Crippen LogP contribution < -0.4 is 0 Å². The molecule has 0 radical (unpaired) electrons. The number of aryl methyl sites for hydroxylation is 1. The zero-order valence-corrected chi connectivity index (χ0v) is 20.2. The van der Waals surface area contributed by atoms with Gasteiger partial charge in [-0.3, -0.25) is 0 Å². The van der Waals surface area contributed by atoms with Gasteiger partial charge in [0.25, 0.3) is 0 Å². The molecule has 0 spiro atoms. The monoisotopic (exact) mass is 488 g/mol. The molecule has 2 aliphatic rings. The molecule has 35 heavy (non-hydrogen) atoms. The van der Waals surface area contributed by atoms with Crippen molar-refractivity contribution < 1.29 is 22.0 Å². The van der Waals surface area contributed by atoms with Crippen LogP contribution in [0.25, 0.3) is 11.1 Å². The molecule has 0 amide bonds. The van der Waals surface area contributed by atoms with Gasteiger partial charge in [0.1, 0.15) is 11.6 Å². The van der Waals surface area contributed by atoms with Gasteiger partial charge in [-0.1, -0.05) is 62.8 Å². The third-order valence-corrected chi connectivity index (χ3v) is 8.12. The molecule has 2 fully saturated rings. The summed E-state index contributed by atoms with van der Waals surface area (Å²) in [5.74, 6) is 3.81. The van der Waals surface area contributed by atoms with Crippen LogP contribution in [0.5, 0.6) is 0 Å². The third kappa shape index (κ3) is 7.09. The van der Waals surface area contributed by atoms with Gasteiger partial charge in [0.15, 0.2) is 0 Å². The average molecular weight is 489 g/mol. The van der Waals surface area contributed by atoms with Crippen LogP contribution in [0.1, 0.15) is 75.8 Å². The molecule has 0 aliphatic heterocycles. The van der Waals surface area contributed by atoms with Gasteiger partial charge in [-0.15, -0.1) is 0 Å². The lowest BCUT2D eigenvalue weighted by Crippen LogP contribution is -2.25.